The second kappa shape index (κ2) is 10.9. The molecular formula is C30H26FN5O2S. The van der Waals surface area contributed by atoms with E-state index in [9.17, 15) is 19.0 Å². The topological polar surface area (TPSA) is 116 Å². The number of hydrogen-bond donors (Lipinski definition) is 2. The van der Waals surface area contributed by atoms with Crippen LogP contribution in [0.2, 0.25) is 0 Å². The summed E-state index contributed by atoms with van der Waals surface area (Å²) < 4.78 is 28.9. The summed E-state index contributed by atoms with van der Waals surface area (Å²) in [7, 11) is 0. The number of pyridine rings is 1. The van der Waals surface area contributed by atoms with Crippen LogP contribution in [0.1, 0.15) is 34.5 Å². The van der Waals surface area contributed by atoms with Crippen LogP contribution in [0.15, 0.2) is 94.7 Å². The summed E-state index contributed by atoms with van der Waals surface area (Å²) in [5, 5.41) is 20.7. The van der Waals surface area contributed by atoms with E-state index in [-0.39, 0.29) is 24.6 Å². The van der Waals surface area contributed by atoms with Gasteiger partial charge in [0.05, 0.1) is 35.0 Å². The largest absolute Gasteiger partial charge is 0.593 e. The van der Waals surface area contributed by atoms with Crippen molar-refractivity contribution >= 4 is 29.0 Å². The second-order valence-corrected chi connectivity index (χ2v) is 11.2. The molecule has 39 heavy (non-hydrogen) atoms. The van der Waals surface area contributed by atoms with Crippen LogP contribution in [0, 0.1) is 34.9 Å². The molecule has 3 aromatic rings. The van der Waals surface area contributed by atoms with Crippen molar-refractivity contribution in [3.8, 4) is 6.07 Å². The van der Waals surface area contributed by atoms with Crippen LogP contribution in [0.3, 0.4) is 0 Å². The number of carbonyl (C=O) groups is 1. The van der Waals surface area contributed by atoms with E-state index < -0.39 is 16.8 Å². The minimum Gasteiger partial charge on any atom is -0.593 e. The molecule has 9 heteroatoms. The Hall–Kier alpha value is -4.10. The Bertz CT molecular complexity index is 1550. The van der Waals surface area contributed by atoms with Gasteiger partial charge in [-0.25, -0.2) is 4.39 Å². The van der Waals surface area contributed by atoms with Crippen molar-refractivity contribution in [2.24, 2.45) is 5.41 Å². The number of Topliss-reactive ketones (excluding diaryl/α,β-unsaturated/α-hetero) is 1. The fourth-order valence-electron chi connectivity index (χ4n) is 5.14. The fraction of sp³-hybridized carbons (Fsp3) is 0.200. The maximum absolute atomic E-state index is 14.2. The lowest BCUT2D eigenvalue weighted by molar-refractivity contribution is 0.0769. The number of hydrogen-bond acceptors (Lipinski definition) is 7. The molecule has 2 aliphatic rings. The zero-order chi connectivity index (χ0) is 27.6. The Labute approximate surface area is 229 Å². The summed E-state index contributed by atoms with van der Waals surface area (Å²) >= 11 is -1.60. The number of halogens is 1. The SMILES string of the molecule is Cc1ccnc(C(=O)C23CC(C=N)=C(Nc4ccc(F)cc4)C=C2CCN([S+]([O-])c2cccc(C#N)c2)C3)c1. The van der Waals surface area contributed by atoms with Crippen LogP contribution < -0.4 is 5.32 Å². The Morgan fingerprint density at radius 1 is 1.26 bits per heavy atom. The van der Waals surface area contributed by atoms with Crippen molar-refractivity contribution in [2.45, 2.75) is 24.7 Å². The molecule has 196 valence electrons. The molecule has 2 unspecified atom stereocenters. The van der Waals surface area contributed by atoms with Gasteiger partial charge in [0.1, 0.15) is 11.5 Å². The molecular weight excluding hydrogens is 513 g/mol. The lowest BCUT2D eigenvalue weighted by Crippen LogP contribution is -2.52. The van der Waals surface area contributed by atoms with Gasteiger partial charge >= 0.3 is 0 Å². The maximum atomic E-state index is 14.2. The van der Waals surface area contributed by atoms with E-state index in [1.54, 1.807) is 53.0 Å². The molecule has 0 saturated carbocycles. The van der Waals surface area contributed by atoms with E-state index in [1.807, 2.05) is 19.1 Å². The molecule has 2 N–H and O–H groups in total. The van der Waals surface area contributed by atoms with Gasteiger partial charge in [-0.05, 0) is 85.5 Å². The number of aryl methyl sites for hydroxylation is 1. The quantitative estimate of drug-likeness (QED) is 0.238. The Morgan fingerprint density at radius 2 is 2.05 bits per heavy atom. The number of nitrogens with one attached hydrogen (secondary N) is 2. The van der Waals surface area contributed by atoms with Crippen LogP contribution in [-0.4, -0.2) is 38.9 Å². The zero-order valence-electron chi connectivity index (χ0n) is 21.3. The van der Waals surface area contributed by atoms with Gasteiger partial charge in [-0.3, -0.25) is 9.78 Å². The molecule has 2 aromatic carbocycles. The fourth-order valence-corrected chi connectivity index (χ4v) is 6.45. The predicted octanol–water partition coefficient (Wildman–Crippen LogP) is 5.34. The molecule has 1 aliphatic carbocycles. The third kappa shape index (κ3) is 5.27. The summed E-state index contributed by atoms with van der Waals surface area (Å²) in [4.78, 5) is 19.1. The van der Waals surface area contributed by atoms with E-state index >= 15 is 0 Å². The maximum Gasteiger partial charge on any atom is 0.193 e. The number of rotatable bonds is 7. The lowest BCUT2D eigenvalue weighted by atomic mass is 9.65. The van der Waals surface area contributed by atoms with Gasteiger partial charge < -0.3 is 15.3 Å². The second-order valence-electron chi connectivity index (χ2n) is 9.69. The smallest absolute Gasteiger partial charge is 0.193 e. The van der Waals surface area contributed by atoms with E-state index in [0.717, 1.165) is 11.1 Å². The number of benzene rings is 2. The Morgan fingerprint density at radius 3 is 2.77 bits per heavy atom. The molecule has 5 rings (SSSR count). The number of fused-ring (bicyclic) bond motifs is 1. The minimum absolute atomic E-state index is 0.165. The number of piperidine rings is 1. The van der Waals surface area contributed by atoms with Crippen molar-refractivity contribution in [1.29, 1.82) is 10.7 Å². The number of anilines is 1. The summed E-state index contributed by atoms with van der Waals surface area (Å²) in [6, 6.07) is 18.3. The van der Waals surface area contributed by atoms with Crippen molar-refractivity contribution in [3.63, 3.8) is 0 Å². The van der Waals surface area contributed by atoms with E-state index in [1.165, 1.54) is 18.3 Å². The highest BCUT2D eigenvalue weighted by Gasteiger charge is 2.51. The molecule has 1 saturated heterocycles. The standard InChI is InChI=1S/C30H26FN5O2S/c1-20-9-11-34-28(13-20)29(37)30-16-22(18-33)27(35-25-7-5-24(31)6-8-25)15-23(30)10-12-36(19-30)39(38)26-4-2-3-21(14-26)17-32/h2-9,11,13-15,18,33,35H,10,12,16,19H2,1H3. The number of ketones is 1. The summed E-state index contributed by atoms with van der Waals surface area (Å²) in [5.41, 5.74) is 3.35. The Balaban J connectivity index is 1.54. The first-order valence-corrected chi connectivity index (χ1v) is 13.6. The number of nitriles is 1. The van der Waals surface area contributed by atoms with Crippen LogP contribution in [0.4, 0.5) is 10.1 Å². The lowest BCUT2D eigenvalue weighted by Gasteiger charge is -2.45. The Kier molecular flexibility index (Phi) is 7.44. The third-order valence-electron chi connectivity index (χ3n) is 7.13. The average molecular weight is 540 g/mol. The molecule has 2 atom stereocenters. The highest BCUT2D eigenvalue weighted by molar-refractivity contribution is 7.89. The van der Waals surface area contributed by atoms with Crippen LogP contribution in [-0.2, 0) is 11.4 Å². The molecule has 0 amide bonds. The number of nitrogens with zero attached hydrogens (tertiary/aromatic N) is 3. The van der Waals surface area contributed by atoms with Crippen molar-refractivity contribution in [2.75, 3.05) is 18.4 Å². The van der Waals surface area contributed by atoms with Crippen molar-refractivity contribution in [1.82, 2.24) is 9.29 Å². The first-order chi connectivity index (χ1) is 18.8. The van der Waals surface area contributed by atoms with Crippen molar-refractivity contribution in [3.05, 3.63) is 112 Å². The molecule has 1 aliphatic heterocycles. The molecule has 7 nitrogen and oxygen atoms in total. The number of aromatic nitrogens is 1. The first kappa shape index (κ1) is 26.5. The number of allylic oxidation sites excluding steroid dienone is 2. The average Bonchev–Trinajstić information content (AvgIpc) is 2.97. The van der Waals surface area contributed by atoms with Gasteiger partial charge in [-0.2, -0.15) is 5.26 Å². The molecule has 0 bridgehead atoms. The highest BCUT2D eigenvalue weighted by atomic mass is 32.2. The molecule has 0 radical (unpaired) electrons. The first-order valence-electron chi connectivity index (χ1n) is 12.4. The number of carbonyl (C=O) groups excluding carboxylic acids is 1. The molecule has 1 fully saturated rings. The molecule has 2 heterocycles. The summed E-state index contributed by atoms with van der Waals surface area (Å²) in [5.74, 6) is -0.537. The van der Waals surface area contributed by atoms with Crippen molar-refractivity contribution < 1.29 is 13.7 Å². The normalized spacial score (nSPS) is 19.9. The van der Waals surface area contributed by atoms with Gasteiger partial charge in [-0.15, -0.1) is 4.31 Å². The van der Waals surface area contributed by atoms with E-state index in [2.05, 4.69) is 16.4 Å². The third-order valence-corrected chi connectivity index (χ3v) is 8.57. The minimum atomic E-state index is -1.60. The molecule has 0 spiro atoms. The van der Waals surface area contributed by atoms with Gasteiger partial charge in [0.2, 0.25) is 0 Å². The van der Waals surface area contributed by atoms with Gasteiger partial charge in [0.25, 0.3) is 0 Å². The van der Waals surface area contributed by atoms with Gasteiger partial charge in [-0.1, -0.05) is 11.6 Å². The summed E-state index contributed by atoms with van der Waals surface area (Å²) in [6.07, 6.45) is 5.42. The van der Waals surface area contributed by atoms with Gasteiger partial charge in [0.15, 0.2) is 10.7 Å². The van der Waals surface area contributed by atoms with Crippen LogP contribution in [0.25, 0.3) is 0 Å². The monoisotopic (exact) mass is 539 g/mol. The zero-order valence-corrected chi connectivity index (χ0v) is 22.1. The van der Waals surface area contributed by atoms with Crippen LogP contribution >= 0.6 is 0 Å². The van der Waals surface area contributed by atoms with Gasteiger partial charge in [0, 0.05) is 36.4 Å². The highest BCUT2D eigenvalue weighted by Crippen LogP contribution is 2.47. The van der Waals surface area contributed by atoms with E-state index in [0.29, 0.717) is 46.1 Å². The summed E-state index contributed by atoms with van der Waals surface area (Å²) in [6.45, 7) is 2.50. The predicted molar refractivity (Wildman–Crippen MR) is 148 cm³/mol. The molecule has 1 aromatic heterocycles. The van der Waals surface area contributed by atoms with E-state index in [4.69, 9.17) is 5.41 Å². The van der Waals surface area contributed by atoms with Crippen LogP contribution in [0.5, 0.6) is 0 Å².